The lowest BCUT2D eigenvalue weighted by atomic mass is 10.1. The van der Waals surface area contributed by atoms with Gasteiger partial charge in [0.1, 0.15) is 17.4 Å². The average Bonchev–Trinajstić information content (AvgIpc) is 2.61. The first-order chi connectivity index (χ1) is 13.0. The zero-order chi connectivity index (χ0) is 20.9. The largest absolute Gasteiger partial charge is 0.482 e. The molecule has 0 atom stereocenters. The van der Waals surface area contributed by atoms with Crippen LogP contribution in [0.4, 0.5) is 13.6 Å². The minimum absolute atomic E-state index is 0.0966. The summed E-state index contributed by atoms with van der Waals surface area (Å²) in [6.07, 6.45) is -3.97. The monoisotopic (exact) mass is 395 g/mol. The number of ether oxygens (including phenoxy) is 2. The molecule has 7 nitrogen and oxygen atoms in total. The summed E-state index contributed by atoms with van der Waals surface area (Å²) in [5.74, 6) is -1.96. The van der Waals surface area contributed by atoms with E-state index >= 15 is 0 Å². The van der Waals surface area contributed by atoms with Crippen LogP contribution in [-0.2, 0) is 9.53 Å². The molecule has 2 rings (SSSR count). The number of carbonyl (C=O) groups is 2. The zero-order valence-corrected chi connectivity index (χ0v) is 16.0. The van der Waals surface area contributed by atoms with E-state index in [4.69, 9.17) is 10.00 Å². The van der Waals surface area contributed by atoms with Crippen molar-refractivity contribution in [1.29, 1.82) is 5.26 Å². The predicted molar refractivity (Wildman–Crippen MR) is 95.7 cm³/mol. The number of carbonyl (C=O) groups excluding carboxylic acids is 2. The third-order valence-electron chi connectivity index (χ3n) is 3.99. The van der Waals surface area contributed by atoms with E-state index in [1.165, 1.54) is 29.2 Å². The van der Waals surface area contributed by atoms with Gasteiger partial charge in [0, 0.05) is 19.1 Å². The van der Waals surface area contributed by atoms with Gasteiger partial charge in [-0.2, -0.15) is 14.0 Å². The lowest BCUT2D eigenvalue weighted by molar-refractivity contribution is -0.193. The Kier molecular flexibility index (Phi) is 6.44. The molecule has 9 heteroatoms. The lowest BCUT2D eigenvalue weighted by Gasteiger charge is -2.34. The first-order valence-electron chi connectivity index (χ1n) is 8.86. The Morgan fingerprint density at radius 3 is 2.39 bits per heavy atom. The summed E-state index contributed by atoms with van der Waals surface area (Å²) in [7, 11) is 0. The number of amides is 2. The summed E-state index contributed by atoms with van der Waals surface area (Å²) in [5.41, 5.74) is -0.720. The van der Waals surface area contributed by atoms with E-state index in [1.54, 1.807) is 26.8 Å². The van der Waals surface area contributed by atoms with E-state index < -0.39 is 29.8 Å². The second-order valence-corrected chi connectivity index (χ2v) is 7.44. The van der Waals surface area contributed by atoms with Gasteiger partial charge in [0.05, 0.1) is 5.56 Å². The van der Waals surface area contributed by atoms with Crippen LogP contribution in [0.3, 0.4) is 0 Å². The highest BCUT2D eigenvalue weighted by atomic mass is 19.3. The maximum atomic E-state index is 14.1. The third kappa shape index (κ3) is 5.81. The van der Waals surface area contributed by atoms with Crippen molar-refractivity contribution in [1.82, 2.24) is 10.2 Å². The van der Waals surface area contributed by atoms with Gasteiger partial charge < -0.3 is 19.7 Å². The molecule has 152 valence electrons. The van der Waals surface area contributed by atoms with Crippen molar-refractivity contribution in [2.45, 2.75) is 51.4 Å². The molecule has 1 N–H and O–H groups in total. The number of hydrogen-bond acceptors (Lipinski definition) is 5. The van der Waals surface area contributed by atoms with Gasteiger partial charge in [0.2, 0.25) is 0 Å². The minimum Gasteiger partial charge on any atom is -0.444 e. The van der Waals surface area contributed by atoms with Gasteiger partial charge in [-0.25, -0.2) is 4.79 Å². The number of piperidine rings is 1. The van der Waals surface area contributed by atoms with Crippen LogP contribution in [0.2, 0.25) is 0 Å². The number of likely N-dealkylation sites (tertiary alicyclic amines) is 1. The summed E-state index contributed by atoms with van der Waals surface area (Å²) >= 11 is 0. The molecule has 0 radical (unpaired) electrons. The highest BCUT2D eigenvalue weighted by Crippen LogP contribution is 2.25. The number of nitrogens with one attached hydrogen (secondary N) is 1. The Labute approximate surface area is 162 Å². The summed E-state index contributed by atoms with van der Waals surface area (Å²) in [5, 5.41) is 11.2. The van der Waals surface area contributed by atoms with E-state index in [1.807, 2.05) is 0 Å². The molecule has 0 saturated carbocycles. The molecule has 2 amide bonds. The Hall–Kier alpha value is -2.89. The van der Waals surface area contributed by atoms with Gasteiger partial charge in [-0.15, -0.1) is 0 Å². The topological polar surface area (TPSA) is 91.7 Å². The van der Waals surface area contributed by atoms with Crippen LogP contribution in [0.5, 0.6) is 5.75 Å². The van der Waals surface area contributed by atoms with E-state index in [0.717, 1.165) is 0 Å². The van der Waals surface area contributed by atoms with E-state index in [2.05, 4.69) is 10.1 Å². The Morgan fingerprint density at radius 2 is 1.82 bits per heavy atom. The zero-order valence-electron chi connectivity index (χ0n) is 16.0. The van der Waals surface area contributed by atoms with Crippen molar-refractivity contribution >= 4 is 12.0 Å². The molecule has 28 heavy (non-hydrogen) atoms. The van der Waals surface area contributed by atoms with Gasteiger partial charge in [0.15, 0.2) is 0 Å². The number of nitrogens with zero attached hydrogens (tertiary/aromatic N) is 2. The first kappa shape index (κ1) is 21.4. The minimum atomic E-state index is -4.13. The standard InChI is InChI=1S/C19H23F2N3O4/c1-18(2,3)28-17(26)24-10-8-14(9-11-24)23-16(25)19(20,21)27-15-7-5-4-6-13(15)12-22/h4-7,14H,8-11H2,1-3H3,(H,23,25). The van der Waals surface area contributed by atoms with Gasteiger partial charge >= 0.3 is 18.1 Å². The van der Waals surface area contributed by atoms with E-state index in [9.17, 15) is 18.4 Å². The average molecular weight is 395 g/mol. The van der Waals surface area contributed by atoms with Crippen molar-refractivity contribution < 1.29 is 27.8 Å². The molecule has 1 aromatic rings. The molecule has 1 aliphatic heterocycles. The fourth-order valence-electron chi connectivity index (χ4n) is 2.63. The summed E-state index contributed by atoms with van der Waals surface area (Å²) < 4.78 is 38.0. The second kappa shape index (κ2) is 8.42. The second-order valence-electron chi connectivity index (χ2n) is 7.44. The number of alkyl halides is 2. The van der Waals surface area contributed by atoms with Crippen molar-refractivity contribution in [3.63, 3.8) is 0 Å². The number of halogens is 2. The van der Waals surface area contributed by atoms with Gasteiger partial charge in [-0.1, -0.05) is 12.1 Å². The molecular formula is C19H23F2N3O4. The molecular weight excluding hydrogens is 372 g/mol. The van der Waals surface area contributed by atoms with Crippen LogP contribution in [0, 0.1) is 11.3 Å². The smallest absolute Gasteiger partial charge is 0.444 e. The molecule has 0 aromatic heterocycles. The lowest BCUT2D eigenvalue weighted by Crippen LogP contribution is -2.52. The molecule has 1 saturated heterocycles. The van der Waals surface area contributed by atoms with Crippen LogP contribution < -0.4 is 10.1 Å². The molecule has 0 aliphatic carbocycles. The quantitative estimate of drug-likeness (QED) is 0.846. The van der Waals surface area contributed by atoms with Crippen molar-refractivity contribution in [3.05, 3.63) is 29.8 Å². The SMILES string of the molecule is CC(C)(C)OC(=O)N1CCC(NC(=O)C(F)(F)Oc2ccccc2C#N)CC1. The van der Waals surface area contributed by atoms with Crippen LogP contribution in [0.15, 0.2) is 24.3 Å². The molecule has 1 heterocycles. The number of benzene rings is 1. The molecule has 1 fully saturated rings. The van der Waals surface area contributed by atoms with Crippen molar-refractivity contribution in [2.24, 2.45) is 0 Å². The van der Waals surface area contributed by atoms with Gasteiger partial charge in [-0.05, 0) is 45.7 Å². The number of para-hydroxylation sites is 1. The van der Waals surface area contributed by atoms with Gasteiger partial charge in [0.25, 0.3) is 0 Å². The van der Waals surface area contributed by atoms with Crippen molar-refractivity contribution in [3.8, 4) is 11.8 Å². The van der Waals surface area contributed by atoms with Crippen LogP contribution in [-0.4, -0.2) is 47.7 Å². The molecule has 1 aromatic carbocycles. The Morgan fingerprint density at radius 1 is 1.21 bits per heavy atom. The Balaban J connectivity index is 1.89. The highest BCUT2D eigenvalue weighted by Gasteiger charge is 2.44. The molecule has 0 spiro atoms. The summed E-state index contributed by atoms with van der Waals surface area (Å²) in [6, 6.07) is 6.65. The maximum Gasteiger partial charge on any atom is 0.482 e. The molecule has 0 bridgehead atoms. The van der Waals surface area contributed by atoms with E-state index in [-0.39, 0.29) is 24.4 Å². The van der Waals surface area contributed by atoms with Gasteiger partial charge in [-0.3, -0.25) is 4.79 Å². The number of hydrogen-bond donors (Lipinski definition) is 1. The fraction of sp³-hybridized carbons (Fsp3) is 0.526. The number of nitriles is 1. The normalized spacial score (nSPS) is 15.5. The number of rotatable bonds is 4. The maximum absolute atomic E-state index is 14.1. The molecule has 1 aliphatic rings. The summed E-state index contributed by atoms with van der Waals surface area (Å²) in [4.78, 5) is 25.5. The van der Waals surface area contributed by atoms with E-state index in [0.29, 0.717) is 12.8 Å². The Bertz CT molecular complexity index is 763. The predicted octanol–water partition coefficient (Wildman–Crippen LogP) is 3.05. The first-order valence-corrected chi connectivity index (χ1v) is 8.86. The van der Waals surface area contributed by atoms with Crippen molar-refractivity contribution in [2.75, 3.05) is 13.1 Å². The van der Waals surface area contributed by atoms with Crippen LogP contribution >= 0.6 is 0 Å². The summed E-state index contributed by atoms with van der Waals surface area (Å²) in [6.45, 7) is 5.83. The highest BCUT2D eigenvalue weighted by molar-refractivity contribution is 5.82. The van der Waals surface area contributed by atoms with Crippen LogP contribution in [0.25, 0.3) is 0 Å². The molecule has 0 unspecified atom stereocenters. The fourth-order valence-corrected chi connectivity index (χ4v) is 2.63. The third-order valence-corrected chi connectivity index (χ3v) is 3.99. The van der Waals surface area contributed by atoms with Crippen LogP contribution in [0.1, 0.15) is 39.2 Å².